The molecule has 4 nitrogen and oxygen atoms in total. The zero-order valence-electron chi connectivity index (χ0n) is 12.4. The van der Waals surface area contributed by atoms with Crippen LogP contribution in [-0.4, -0.2) is 37.2 Å². The van der Waals surface area contributed by atoms with Gasteiger partial charge in [-0.05, 0) is 50.4 Å². The second kappa shape index (κ2) is 6.27. The Kier molecular flexibility index (Phi) is 4.65. The van der Waals surface area contributed by atoms with E-state index in [4.69, 9.17) is 9.84 Å². The maximum absolute atomic E-state index is 11.1. The Bertz CT molecular complexity index is 481. The summed E-state index contributed by atoms with van der Waals surface area (Å²) in [6, 6.07) is 6.10. The van der Waals surface area contributed by atoms with Crippen LogP contribution in [0.4, 0.5) is 0 Å². The Hall–Kier alpha value is -1.55. The van der Waals surface area contributed by atoms with Crippen molar-refractivity contribution < 1.29 is 14.6 Å². The second-order valence-corrected chi connectivity index (χ2v) is 5.85. The minimum Gasteiger partial charge on any atom is -0.496 e. The fourth-order valence-electron chi connectivity index (χ4n) is 2.74. The number of benzene rings is 1. The maximum atomic E-state index is 11.1. The number of ether oxygens (including phenoxy) is 1. The molecule has 0 aliphatic heterocycles. The summed E-state index contributed by atoms with van der Waals surface area (Å²) in [6.45, 7) is 0.793. The zero-order chi connectivity index (χ0) is 14.7. The predicted molar refractivity (Wildman–Crippen MR) is 78.1 cm³/mol. The van der Waals surface area contributed by atoms with Crippen LogP contribution in [0.5, 0.6) is 5.75 Å². The largest absolute Gasteiger partial charge is 0.496 e. The minimum absolute atomic E-state index is 0.138. The summed E-state index contributed by atoms with van der Waals surface area (Å²) in [5, 5.41) is 9.10. The number of rotatable bonds is 7. The molecular weight excluding hydrogens is 254 g/mol. The van der Waals surface area contributed by atoms with Gasteiger partial charge in [0.1, 0.15) is 5.75 Å². The van der Waals surface area contributed by atoms with Crippen LogP contribution in [0, 0.1) is 5.92 Å². The maximum Gasteiger partial charge on any atom is 0.303 e. The van der Waals surface area contributed by atoms with Gasteiger partial charge in [0.25, 0.3) is 0 Å². The van der Waals surface area contributed by atoms with Crippen molar-refractivity contribution in [1.82, 2.24) is 4.90 Å². The van der Waals surface area contributed by atoms with Crippen LogP contribution in [0.15, 0.2) is 18.2 Å². The average Bonchev–Trinajstić information content (AvgIpc) is 3.19. The molecule has 1 aromatic rings. The number of aliphatic carboxylic acids is 1. The molecule has 1 unspecified atom stereocenters. The summed E-state index contributed by atoms with van der Waals surface area (Å²) >= 11 is 0. The monoisotopic (exact) mass is 277 g/mol. The summed E-state index contributed by atoms with van der Waals surface area (Å²) in [5.74, 6) is 0.824. The molecule has 1 saturated carbocycles. The summed E-state index contributed by atoms with van der Waals surface area (Å²) in [7, 11) is 5.70. The van der Waals surface area contributed by atoms with E-state index >= 15 is 0 Å². The lowest BCUT2D eigenvalue weighted by Crippen LogP contribution is -2.13. The van der Waals surface area contributed by atoms with Gasteiger partial charge in [0.2, 0.25) is 0 Å². The van der Waals surface area contributed by atoms with Crippen LogP contribution in [0.25, 0.3) is 0 Å². The summed E-state index contributed by atoms with van der Waals surface area (Å²) < 4.78 is 5.40. The number of carboxylic acids is 1. The summed E-state index contributed by atoms with van der Waals surface area (Å²) in [5.41, 5.74) is 2.25. The van der Waals surface area contributed by atoms with Crippen LogP contribution < -0.4 is 4.74 Å². The van der Waals surface area contributed by atoms with Crippen LogP contribution in [0.2, 0.25) is 0 Å². The SMILES string of the molecule is COc1ccc(C(CC(=O)O)C2CC2)cc1CN(C)C. The lowest BCUT2D eigenvalue weighted by molar-refractivity contribution is -0.137. The van der Waals surface area contributed by atoms with Crippen LogP contribution in [0.1, 0.15) is 36.3 Å². The van der Waals surface area contributed by atoms with E-state index in [0.29, 0.717) is 5.92 Å². The van der Waals surface area contributed by atoms with Crippen molar-refractivity contribution in [3.63, 3.8) is 0 Å². The highest BCUT2D eigenvalue weighted by Gasteiger charge is 2.34. The fraction of sp³-hybridized carbons (Fsp3) is 0.562. The molecule has 0 saturated heterocycles. The lowest BCUT2D eigenvalue weighted by Gasteiger charge is -2.19. The van der Waals surface area contributed by atoms with Gasteiger partial charge in [0.15, 0.2) is 0 Å². The number of hydrogen-bond donors (Lipinski definition) is 1. The van der Waals surface area contributed by atoms with Gasteiger partial charge in [-0.3, -0.25) is 4.79 Å². The van der Waals surface area contributed by atoms with Crippen LogP contribution in [0.3, 0.4) is 0 Å². The highest BCUT2D eigenvalue weighted by molar-refractivity contribution is 5.68. The molecule has 0 heterocycles. The van der Waals surface area contributed by atoms with Gasteiger partial charge in [0, 0.05) is 12.1 Å². The van der Waals surface area contributed by atoms with Gasteiger partial charge in [-0.15, -0.1) is 0 Å². The van der Waals surface area contributed by atoms with Crippen molar-refractivity contribution in [1.29, 1.82) is 0 Å². The van der Waals surface area contributed by atoms with E-state index in [1.54, 1.807) is 7.11 Å². The summed E-state index contributed by atoms with van der Waals surface area (Å²) in [4.78, 5) is 13.2. The van der Waals surface area contributed by atoms with E-state index in [1.165, 1.54) is 0 Å². The number of nitrogens with zero attached hydrogens (tertiary/aromatic N) is 1. The van der Waals surface area contributed by atoms with Crippen molar-refractivity contribution in [3.8, 4) is 5.75 Å². The molecule has 110 valence electrons. The summed E-state index contributed by atoms with van der Waals surface area (Å²) in [6.07, 6.45) is 2.51. The second-order valence-electron chi connectivity index (χ2n) is 5.85. The third-order valence-electron chi connectivity index (χ3n) is 3.80. The Balaban J connectivity index is 2.27. The first-order valence-electron chi connectivity index (χ1n) is 7.04. The van der Waals surface area contributed by atoms with Gasteiger partial charge < -0.3 is 14.7 Å². The van der Waals surface area contributed by atoms with Gasteiger partial charge in [-0.1, -0.05) is 12.1 Å². The van der Waals surface area contributed by atoms with E-state index in [0.717, 1.165) is 36.3 Å². The van der Waals surface area contributed by atoms with Gasteiger partial charge >= 0.3 is 5.97 Å². The molecule has 0 radical (unpaired) electrons. The predicted octanol–water partition coefficient (Wildman–Crippen LogP) is 2.73. The fourth-order valence-corrected chi connectivity index (χ4v) is 2.74. The molecule has 0 bridgehead atoms. The van der Waals surface area contributed by atoms with Gasteiger partial charge in [0.05, 0.1) is 13.5 Å². The van der Waals surface area contributed by atoms with Crippen LogP contribution in [-0.2, 0) is 11.3 Å². The van der Waals surface area contributed by atoms with Crippen molar-refractivity contribution >= 4 is 5.97 Å². The Labute approximate surface area is 120 Å². The first-order valence-corrected chi connectivity index (χ1v) is 7.04. The molecule has 0 amide bonds. The Morgan fingerprint density at radius 2 is 2.15 bits per heavy atom. The van der Waals surface area contributed by atoms with Crippen molar-refractivity contribution in [2.45, 2.75) is 31.7 Å². The number of carbonyl (C=O) groups is 1. The third-order valence-corrected chi connectivity index (χ3v) is 3.80. The van der Waals surface area contributed by atoms with E-state index in [2.05, 4.69) is 11.0 Å². The third kappa shape index (κ3) is 3.73. The van der Waals surface area contributed by atoms with Gasteiger partial charge in [-0.25, -0.2) is 0 Å². The van der Waals surface area contributed by atoms with Crippen molar-refractivity contribution in [2.24, 2.45) is 5.92 Å². The molecular formula is C16H23NO3. The zero-order valence-corrected chi connectivity index (χ0v) is 12.4. The van der Waals surface area contributed by atoms with E-state index < -0.39 is 5.97 Å². The van der Waals surface area contributed by atoms with Crippen LogP contribution >= 0.6 is 0 Å². The quantitative estimate of drug-likeness (QED) is 0.832. The average molecular weight is 277 g/mol. The van der Waals surface area contributed by atoms with E-state index in [1.807, 2.05) is 26.2 Å². The molecule has 0 spiro atoms. The molecule has 1 atom stereocenters. The molecule has 1 aliphatic carbocycles. The normalized spacial score (nSPS) is 16.2. The molecule has 1 aromatic carbocycles. The van der Waals surface area contributed by atoms with Crippen molar-refractivity contribution in [3.05, 3.63) is 29.3 Å². The number of methoxy groups -OCH3 is 1. The van der Waals surface area contributed by atoms with E-state index in [-0.39, 0.29) is 12.3 Å². The number of carboxylic acid groups (broad SMARTS) is 1. The molecule has 1 N–H and O–H groups in total. The standard InChI is InChI=1S/C16H23NO3/c1-17(2)10-13-8-12(6-7-15(13)20-3)14(9-16(18)19)11-4-5-11/h6-8,11,14H,4-5,9-10H2,1-3H3,(H,18,19). The Morgan fingerprint density at radius 1 is 1.45 bits per heavy atom. The smallest absolute Gasteiger partial charge is 0.303 e. The molecule has 20 heavy (non-hydrogen) atoms. The number of hydrogen-bond acceptors (Lipinski definition) is 3. The van der Waals surface area contributed by atoms with Crippen molar-refractivity contribution in [2.75, 3.05) is 21.2 Å². The topological polar surface area (TPSA) is 49.8 Å². The van der Waals surface area contributed by atoms with E-state index in [9.17, 15) is 4.79 Å². The molecule has 2 rings (SSSR count). The highest BCUT2D eigenvalue weighted by atomic mass is 16.5. The lowest BCUT2D eigenvalue weighted by atomic mass is 9.89. The minimum atomic E-state index is -0.716. The first-order chi connectivity index (χ1) is 9.51. The Morgan fingerprint density at radius 3 is 2.65 bits per heavy atom. The first kappa shape index (κ1) is 14.9. The molecule has 1 fully saturated rings. The molecule has 4 heteroatoms. The highest BCUT2D eigenvalue weighted by Crippen LogP contribution is 2.45. The molecule has 1 aliphatic rings. The van der Waals surface area contributed by atoms with Gasteiger partial charge in [-0.2, -0.15) is 0 Å². The molecule has 0 aromatic heterocycles.